The lowest BCUT2D eigenvalue weighted by atomic mass is 10.0. The van der Waals surface area contributed by atoms with Crippen LogP contribution < -0.4 is 0 Å². The first kappa shape index (κ1) is 17.6. The monoisotopic (exact) mass is 340 g/mol. The zero-order valence-corrected chi connectivity index (χ0v) is 15.5. The fourth-order valence-electron chi connectivity index (χ4n) is 3.79. The van der Waals surface area contributed by atoms with Crippen molar-refractivity contribution in [3.05, 3.63) is 47.8 Å². The van der Waals surface area contributed by atoms with Gasteiger partial charge in [-0.2, -0.15) is 0 Å². The number of nitrogens with zero attached hydrogens (tertiary/aromatic N) is 4. The molecule has 0 spiro atoms. The second-order valence-corrected chi connectivity index (χ2v) is 6.90. The van der Waals surface area contributed by atoms with E-state index in [1.54, 1.807) is 0 Å². The van der Waals surface area contributed by atoms with Crippen LogP contribution in [-0.4, -0.2) is 31.9 Å². The van der Waals surface area contributed by atoms with Gasteiger partial charge in [0.25, 0.3) is 0 Å². The molecule has 5 nitrogen and oxygen atoms in total. The minimum atomic E-state index is 0.101. The average Bonchev–Trinajstić information content (AvgIpc) is 3.24. The van der Waals surface area contributed by atoms with Gasteiger partial charge in [-0.3, -0.25) is 9.78 Å². The Kier molecular flexibility index (Phi) is 5.51. The Balaban J connectivity index is 1.87. The molecule has 3 heterocycles. The van der Waals surface area contributed by atoms with E-state index in [1.165, 1.54) is 5.56 Å². The summed E-state index contributed by atoms with van der Waals surface area (Å²) < 4.78 is 2.25. The number of imidazole rings is 1. The van der Waals surface area contributed by atoms with Crippen LogP contribution in [0.25, 0.3) is 0 Å². The van der Waals surface area contributed by atoms with Gasteiger partial charge in [-0.25, -0.2) is 4.98 Å². The van der Waals surface area contributed by atoms with Crippen molar-refractivity contribution >= 4 is 5.91 Å². The molecule has 134 valence electrons. The maximum atomic E-state index is 12.9. The van der Waals surface area contributed by atoms with Crippen molar-refractivity contribution in [2.75, 3.05) is 6.54 Å². The van der Waals surface area contributed by atoms with Gasteiger partial charge in [-0.1, -0.05) is 13.8 Å². The summed E-state index contributed by atoms with van der Waals surface area (Å²) in [6.45, 7) is 7.91. The molecule has 1 atom stereocenters. The predicted molar refractivity (Wildman–Crippen MR) is 98.1 cm³/mol. The number of pyridine rings is 1. The van der Waals surface area contributed by atoms with Crippen LogP contribution in [0, 0.1) is 12.8 Å². The van der Waals surface area contributed by atoms with Crippen LogP contribution in [0.2, 0.25) is 0 Å². The molecule has 1 unspecified atom stereocenters. The van der Waals surface area contributed by atoms with Gasteiger partial charge in [0.15, 0.2) is 0 Å². The topological polar surface area (TPSA) is 51.0 Å². The lowest BCUT2D eigenvalue weighted by Gasteiger charge is -2.28. The van der Waals surface area contributed by atoms with Gasteiger partial charge < -0.3 is 9.47 Å². The van der Waals surface area contributed by atoms with Crippen LogP contribution in [-0.2, 0) is 11.3 Å². The molecule has 0 aliphatic carbocycles. The lowest BCUT2D eigenvalue weighted by Crippen LogP contribution is -2.36. The molecule has 0 aromatic carbocycles. The number of hydrogen-bond acceptors (Lipinski definition) is 3. The Labute approximate surface area is 150 Å². The minimum absolute atomic E-state index is 0.101. The zero-order chi connectivity index (χ0) is 17.8. The van der Waals surface area contributed by atoms with E-state index in [2.05, 4.69) is 35.2 Å². The van der Waals surface area contributed by atoms with Gasteiger partial charge >= 0.3 is 0 Å². The summed E-state index contributed by atoms with van der Waals surface area (Å²) in [5, 5.41) is 0. The molecule has 2 aromatic rings. The van der Waals surface area contributed by atoms with Crippen molar-refractivity contribution in [2.45, 2.75) is 59.0 Å². The average molecular weight is 340 g/mol. The first-order valence-electron chi connectivity index (χ1n) is 9.37. The molecule has 3 rings (SSSR count). The molecular weight excluding hydrogens is 312 g/mol. The van der Waals surface area contributed by atoms with Gasteiger partial charge in [0, 0.05) is 43.3 Å². The highest BCUT2D eigenvalue weighted by Gasteiger charge is 2.35. The second kappa shape index (κ2) is 7.81. The number of hydrogen-bond donors (Lipinski definition) is 0. The molecule has 1 aliphatic rings. The van der Waals surface area contributed by atoms with Crippen molar-refractivity contribution in [2.24, 2.45) is 5.92 Å². The molecule has 2 aromatic heterocycles. The third-order valence-corrected chi connectivity index (χ3v) is 5.34. The molecule has 0 bridgehead atoms. The number of amides is 1. The van der Waals surface area contributed by atoms with Crippen molar-refractivity contribution in [3.63, 3.8) is 0 Å². The normalized spacial score (nSPS) is 17.4. The number of carbonyl (C=O) groups excluding carboxylic acids is 1. The van der Waals surface area contributed by atoms with Crippen LogP contribution >= 0.6 is 0 Å². The maximum absolute atomic E-state index is 12.9. The predicted octanol–water partition coefficient (Wildman–Crippen LogP) is 3.73. The standard InChI is InChI=1S/C20H28N4O/c1-4-17(5-2)20(25)23-12-6-7-18(23)19-22-13-15(3)24(19)14-16-8-10-21-11-9-16/h8-11,13,17-18H,4-7,12,14H2,1-3H3. The summed E-state index contributed by atoms with van der Waals surface area (Å²) in [6, 6.07) is 4.17. The highest BCUT2D eigenvalue weighted by atomic mass is 16.2. The molecule has 0 N–H and O–H groups in total. The van der Waals surface area contributed by atoms with Gasteiger partial charge in [-0.15, -0.1) is 0 Å². The maximum Gasteiger partial charge on any atom is 0.226 e. The third-order valence-electron chi connectivity index (χ3n) is 5.34. The van der Waals surface area contributed by atoms with E-state index in [4.69, 9.17) is 4.98 Å². The van der Waals surface area contributed by atoms with Crippen LogP contribution in [0.15, 0.2) is 30.7 Å². The molecule has 25 heavy (non-hydrogen) atoms. The van der Waals surface area contributed by atoms with E-state index in [-0.39, 0.29) is 12.0 Å². The number of rotatable bonds is 6. The van der Waals surface area contributed by atoms with Gasteiger partial charge in [0.2, 0.25) is 5.91 Å². The summed E-state index contributed by atoms with van der Waals surface area (Å²) in [5.41, 5.74) is 2.34. The molecule has 0 radical (unpaired) electrons. The van der Waals surface area contributed by atoms with Crippen molar-refractivity contribution in [1.29, 1.82) is 0 Å². The first-order valence-corrected chi connectivity index (χ1v) is 9.37. The van der Waals surface area contributed by atoms with Gasteiger partial charge in [0.1, 0.15) is 5.82 Å². The van der Waals surface area contributed by atoms with Gasteiger partial charge in [0.05, 0.1) is 6.04 Å². The molecule has 5 heteroatoms. The smallest absolute Gasteiger partial charge is 0.226 e. The highest BCUT2D eigenvalue weighted by molar-refractivity contribution is 5.79. The number of carbonyl (C=O) groups is 1. The van der Waals surface area contributed by atoms with E-state index in [0.717, 1.165) is 50.3 Å². The summed E-state index contributed by atoms with van der Waals surface area (Å²) in [6.07, 6.45) is 9.43. The van der Waals surface area contributed by atoms with Crippen molar-refractivity contribution < 1.29 is 4.79 Å². The van der Waals surface area contributed by atoms with E-state index in [0.29, 0.717) is 5.91 Å². The van der Waals surface area contributed by atoms with E-state index >= 15 is 0 Å². The fourth-order valence-corrected chi connectivity index (χ4v) is 3.79. The van der Waals surface area contributed by atoms with Crippen LogP contribution in [0.4, 0.5) is 0 Å². The Hall–Kier alpha value is -2.17. The second-order valence-electron chi connectivity index (χ2n) is 6.90. The first-order chi connectivity index (χ1) is 12.2. The third kappa shape index (κ3) is 3.60. The van der Waals surface area contributed by atoms with E-state index in [1.807, 2.05) is 30.7 Å². The Morgan fingerprint density at radius 3 is 2.68 bits per heavy atom. The molecule has 1 fully saturated rings. The molecule has 0 saturated carbocycles. The summed E-state index contributed by atoms with van der Waals surface area (Å²) in [5.74, 6) is 1.44. The highest BCUT2D eigenvalue weighted by Crippen LogP contribution is 2.34. The Morgan fingerprint density at radius 2 is 2.00 bits per heavy atom. The SMILES string of the molecule is CCC(CC)C(=O)N1CCCC1c1ncc(C)n1Cc1ccncc1. The lowest BCUT2D eigenvalue weighted by molar-refractivity contribution is -0.136. The van der Waals surface area contributed by atoms with Crippen molar-refractivity contribution in [1.82, 2.24) is 19.4 Å². The van der Waals surface area contributed by atoms with Crippen LogP contribution in [0.5, 0.6) is 0 Å². The summed E-state index contributed by atoms with van der Waals surface area (Å²) in [7, 11) is 0. The zero-order valence-electron chi connectivity index (χ0n) is 15.5. The molecule has 1 aliphatic heterocycles. The van der Waals surface area contributed by atoms with E-state index < -0.39 is 0 Å². The summed E-state index contributed by atoms with van der Waals surface area (Å²) in [4.78, 5) is 23.8. The molecular formula is C20H28N4O. The number of likely N-dealkylation sites (tertiary alicyclic amines) is 1. The van der Waals surface area contributed by atoms with Gasteiger partial charge in [-0.05, 0) is 50.3 Å². The largest absolute Gasteiger partial charge is 0.332 e. The number of aryl methyl sites for hydroxylation is 1. The quantitative estimate of drug-likeness (QED) is 0.805. The fraction of sp³-hybridized carbons (Fsp3) is 0.550. The van der Waals surface area contributed by atoms with Crippen molar-refractivity contribution in [3.8, 4) is 0 Å². The summed E-state index contributed by atoms with van der Waals surface area (Å²) >= 11 is 0. The van der Waals surface area contributed by atoms with Crippen LogP contribution in [0.1, 0.15) is 62.7 Å². The molecule has 1 saturated heterocycles. The minimum Gasteiger partial charge on any atom is -0.332 e. The number of aromatic nitrogens is 3. The Morgan fingerprint density at radius 1 is 1.28 bits per heavy atom. The van der Waals surface area contributed by atoms with Crippen LogP contribution in [0.3, 0.4) is 0 Å². The molecule has 1 amide bonds. The Bertz CT molecular complexity index is 706. The van der Waals surface area contributed by atoms with E-state index in [9.17, 15) is 4.79 Å².